The maximum atomic E-state index is 8.89. The van der Waals surface area contributed by atoms with Crippen molar-refractivity contribution in [2.75, 3.05) is 57.4 Å². The molecule has 0 atom stereocenters. The molecule has 0 radical (unpaired) electrons. The van der Waals surface area contributed by atoms with E-state index in [4.69, 9.17) is 5.11 Å². The molecule has 0 unspecified atom stereocenters. The van der Waals surface area contributed by atoms with Gasteiger partial charge in [0.2, 0.25) is 0 Å². The molecule has 1 saturated heterocycles. The Labute approximate surface area is 97.8 Å². The van der Waals surface area contributed by atoms with Gasteiger partial charge in [0, 0.05) is 31.9 Å². The van der Waals surface area contributed by atoms with Crippen molar-refractivity contribution in [2.45, 2.75) is 13.3 Å². The van der Waals surface area contributed by atoms with E-state index in [9.17, 15) is 0 Å². The van der Waals surface area contributed by atoms with Crippen LogP contribution in [0.2, 0.25) is 0 Å². The predicted octanol–water partition coefficient (Wildman–Crippen LogP) is 0.739. The van der Waals surface area contributed by atoms with Gasteiger partial charge in [-0.2, -0.15) is 11.8 Å². The Balaban J connectivity index is 2.14. The van der Waals surface area contributed by atoms with E-state index in [0.29, 0.717) is 6.61 Å². The van der Waals surface area contributed by atoms with Gasteiger partial charge >= 0.3 is 0 Å². The predicted molar refractivity (Wildman–Crippen MR) is 67.6 cm³/mol. The first kappa shape index (κ1) is 13.3. The van der Waals surface area contributed by atoms with Gasteiger partial charge in [-0.05, 0) is 25.3 Å². The zero-order chi connectivity index (χ0) is 10.9. The molecule has 0 spiro atoms. The van der Waals surface area contributed by atoms with Gasteiger partial charge in [0.15, 0.2) is 0 Å². The van der Waals surface area contributed by atoms with Crippen LogP contribution in [0.4, 0.5) is 0 Å². The molecule has 3 nitrogen and oxygen atoms in total. The lowest BCUT2D eigenvalue weighted by Crippen LogP contribution is -2.33. The van der Waals surface area contributed by atoms with Crippen LogP contribution in [0.5, 0.6) is 0 Å². The molecular weight excluding hydrogens is 208 g/mol. The average molecular weight is 232 g/mol. The molecule has 4 heteroatoms. The number of aliphatic hydroxyl groups is 1. The van der Waals surface area contributed by atoms with E-state index in [-0.39, 0.29) is 0 Å². The van der Waals surface area contributed by atoms with Crippen LogP contribution >= 0.6 is 11.8 Å². The summed E-state index contributed by atoms with van der Waals surface area (Å²) in [7, 11) is 0. The van der Waals surface area contributed by atoms with Crippen LogP contribution in [0.3, 0.4) is 0 Å². The van der Waals surface area contributed by atoms with Gasteiger partial charge in [-0.15, -0.1) is 0 Å². The summed E-state index contributed by atoms with van der Waals surface area (Å²) in [6.07, 6.45) is 1.25. The molecule has 15 heavy (non-hydrogen) atoms. The van der Waals surface area contributed by atoms with Crippen LogP contribution in [0.1, 0.15) is 13.3 Å². The Hall–Kier alpha value is 0.230. The summed E-state index contributed by atoms with van der Waals surface area (Å²) in [6, 6.07) is 0. The SMILES string of the molecule is CCSCCN1CCCN(CCO)CC1. The number of nitrogens with zero attached hydrogens (tertiary/aromatic N) is 2. The summed E-state index contributed by atoms with van der Waals surface area (Å²) in [5.41, 5.74) is 0. The van der Waals surface area contributed by atoms with Crippen molar-refractivity contribution in [3.05, 3.63) is 0 Å². The lowest BCUT2D eigenvalue weighted by atomic mass is 10.4. The lowest BCUT2D eigenvalue weighted by molar-refractivity contribution is 0.198. The molecule has 0 aromatic rings. The maximum Gasteiger partial charge on any atom is 0.0558 e. The molecule has 0 saturated carbocycles. The van der Waals surface area contributed by atoms with Crippen LogP contribution in [-0.2, 0) is 0 Å². The number of rotatable bonds is 6. The minimum atomic E-state index is 0.297. The highest BCUT2D eigenvalue weighted by atomic mass is 32.2. The molecule has 1 rings (SSSR count). The second kappa shape index (κ2) is 8.39. The Morgan fingerprint density at radius 1 is 1.07 bits per heavy atom. The fourth-order valence-corrected chi connectivity index (χ4v) is 2.63. The van der Waals surface area contributed by atoms with Crippen LogP contribution in [0.25, 0.3) is 0 Å². The molecule has 1 fully saturated rings. The molecule has 1 heterocycles. The monoisotopic (exact) mass is 232 g/mol. The Kier molecular flexibility index (Phi) is 7.44. The van der Waals surface area contributed by atoms with Crippen molar-refractivity contribution in [3.63, 3.8) is 0 Å². The molecule has 1 N–H and O–H groups in total. The van der Waals surface area contributed by atoms with E-state index in [1.807, 2.05) is 11.8 Å². The number of hydrogen-bond donors (Lipinski definition) is 1. The first-order chi connectivity index (χ1) is 7.36. The van der Waals surface area contributed by atoms with Crippen LogP contribution in [0, 0.1) is 0 Å². The molecule has 0 bridgehead atoms. The molecule has 1 aliphatic heterocycles. The smallest absolute Gasteiger partial charge is 0.0558 e. The molecular formula is C11H24N2OS. The third-order valence-electron chi connectivity index (χ3n) is 2.85. The second-order valence-electron chi connectivity index (χ2n) is 3.96. The normalized spacial score (nSPS) is 20.4. The van der Waals surface area contributed by atoms with Crippen LogP contribution < -0.4 is 0 Å². The summed E-state index contributed by atoms with van der Waals surface area (Å²) in [4.78, 5) is 4.92. The average Bonchev–Trinajstić information content (AvgIpc) is 2.45. The van der Waals surface area contributed by atoms with Gasteiger partial charge in [0.1, 0.15) is 0 Å². The van der Waals surface area contributed by atoms with E-state index < -0.39 is 0 Å². The number of aliphatic hydroxyl groups excluding tert-OH is 1. The van der Waals surface area contributed by atoms with Gasteiger partial charge in [0.05, 0.1) is 6.61 Å². The molecule has 0 aromatic carbocycles. The topological polar surface area (TPSA) is 26.7 Å². The first-order valence-electron chi connectivity index (χ1n) is 6.00. The maximum absolute atomic E-state index is 8.89. The second-order valence-corrected chi connectivity index (χ2v) is 5.35. The van der Waals surface area contributed by atoms with E-state index in [1.165, 1.54) is 37.6 Å². The van der Waals surface area contributed by atoms with Gasteiger partial charge in [-0.1, -0.05) is 6.92 Å². The fraction of sp³-hybridized carbons (Fsp3) is 1.00. The Morgan fingerprint density at radius 2 is 1.73 bits per heavy atom. The van der Waals surface area contributed by atoms with Crippen LogP contribution in [0.15, 0.2) is 0 Å². The van der Waals surface area contributed by atoms with Crippen molar-refractivity contribution in [1.29, 1.82) is 0 Å². The fourth-order valence-electron chi connectivity index (χ4n) is 1.95. The summed E-state index contributed by atoms with van der Waals surface area (Å²) in [6.45, 7) is 9.26. The van der Waals surface area contributed by atoms with Crippen LogP contribution in [-0.4, -0.2) is 72.3 Å². The van der Waals surface area contributed by atoms with Gasteiger partial charge in [0.25, 0.3) is 0 Å². The minimum Gasteiger partial charge on any atom is -0.395 e. The van der Waals surface area contributed by atoms with Crippen molar-refractivity contribution >= 4 is 11.8 Å². The zero-order valence-corrected chi connectivity index (χ0v) is 10.6. The van der Waals surface area contributed by atoms with Gasteiger partial charge in [-0.3, -0.25) is 4.90 Å². The van der Waals surface area contributed by atoms with E-state index in [2.05, 4.69) is 16.7 Å². The molecule has 90 valence electrons. The molecule has 0 aliphatic carbocycles. The molecule has 1 aliphatic rings. The molecule has 0 amide bonds. The third kappa shape index (κ3) is 5.76. The first-order valence-corrected chi connectivity index (χ1v) is 7.15. The summed E-state index contributed by atoms with van der Waals surface area (Å²) in [5.74, 6) is 2.49. The van der Waals surface area contributed by atoms with Crippen molar-refractivity contribution < 1.29 is 5.11 Å². The minimum absolute atomic E-state index is 0.297. The van der Waals surface area contributed by atoms with Gasteiger partial charge < -0.3 is 10.0 Å². The zero-order valence-electron chi connectivity index (χ0n) is 9.82. The van der Waals surface area contributed by atoms with Gasteiger partial charge in [-0.25, -0.2) is 0 Å². The number of thioether (sulfide) groups is 1. The lowest BCUT2D eigenvalue weighted by Gasteiger charge is -2.20. The highest BCUT2D eigenvalue weighted by Crippen LogP contribution is 2.05. The number of β-amino-alcohol motifs (C(OH)–C–C–N with tert-alkyl or cyclic N) is 1. The van der Waals surface area contributed by atoms with E-state index in [0.717, 1.165) is 19.6 Å². The summed E-state index contributed by atoms with van der Waals surface area (Å²) >= 11 is 2.02. The number of hydrogen-bond acceptors (Lipinski definition) is 4. The molecule has 0 aromatic heterocycles. The summed E-state index contributed by atoms with van der Waals surface area (Å²) < 4.78 is 0. The summed E-state index contributed by atoms with van der Waals surface area (Å²) in [5, 5.41) is 8.89. The third-order valence-corrected chi connectivity index (χ3v) is 3.73. The highest BCUT2D eigenvalue weighted by molar-refractivity contribution is 7.99. The van der Waals surface area contributed by atoms with Crippen molar-refractivity contribution in [3.8, 4) is 0 Å². The van der Waals surface area contributed by atoms with E-state index >= 15 is 0 Å². The standard InChI is InChI=1S/C11H24N2OS/c1-2-15-11-9-13-5-3-4-12(6-7-13)8-10-14/h14H,2-11H2,1H3. The van der Waals surface area contributed by atoms with Crippen molar-refractivity contribution in [1.82, 2.24) is 9.80 Å². The highest BCUT2D eigenvalue weighted by Gasteiger charge is 2.13. The Morgan fingerprint density at radius 3 is 2.33 bits per heavy atom. The van der Waals surface area contributed by atoms with E-state index in [1.54, 1.807) is 0 Å². The quantitative estimate of drug-likeness (QED) is 0.683. The van der Waals surface area contributed by atoms with Crippen molar-refractivity contribution in [2.24, 2.45) is 0 Å². The largest absolute Gasteiger partial charge is 0.395 e. The Bertz CT molecular complexity index is 158.